The van der Waals surface area contributed by atoms with E-state index in [0.717, 1.165) is 57.2 Å². The Bertz CT molecular complexity index is 1190. The van der Waals surface area contributed by atoms with Crippen molar-refractivity contribution in [3.8, 4) is 11.8 Å². The highest BCUT2D eigenvalue weighted by Crippen LogP contribution is 2.39. The van der Waals surface area contributed by atoms with Gasteiger partial charge >= 0.3 is 5.97 Å². The number of aromatic nitrogens is 1. The number of nitrogens with one attached hydrogen (secondary N) is 1. The minimum Gasteiger partial charge on any atom is -0.477 e. The van der Waals surface area contributed by atoms with Crippen molar-refractivity contribution in [3.63, 3.8) is 0 Å². The standard InChI is InChI=1S/C31H42N4O3S/c1-21-9-11-22(12-10-21)29(36)35(26-20-25(17-18-31(2,3)4)39-28(26)30(37)38)24-15-13-23(14-16-24)33-34(5)27-8-6-7-19-32-27/h6-8,19-24,33H,9-16H2,1-5H3,(H,37,38). The van der Waals surface area contributed by atoms with Gasteiger partial charge in [-0.25, -0.2) is 15.2 Å². The summed E-state index contributed by atoms with van der Waals surface area (Å²) in [6, 6.07) is 7.90. The SMILES string of the molecule is CC1CCC(C(=O)N(c2cc(C#CC(C)(C)C)sc2C(=O)O)C2CCC(NN(C)c3ccccn3)CC2)CC1. The molecule has 8 heteroatoms. The van der Waals surface area contributed by atoms with Gasteiger partial charge in [0.1, 0.15) is 10.7 Å². The van der Waals surface area contributed by atoms with E-state index in [2.05, 4.69) is 29.2 Å². The first kappa shape index (κ1) is 29.1. The monoisotopic (exact) mass is 550 g/mol. The van der Waals surface area contributed by atoms with E-state index in [0.29, 0.717) is 16.5 Å². The Morgan fingerprint density at radius 2 is 1.77 bits per heavy atom. The summed E-state index contributed by atoms with van der Waals surface area (Å²) >= 11 is 1.18. The summed E-state index contributed by atoms with van der Waals surface area (Å²) in [4.78, 5) is 33.7. The first-order valence-electron chi connectivity index (χ1n) is 14.2. The van der Waals surface area contributed by atoms with Crippen molar-refractivity contribution in [2.75, 3.05) is 17.0 Å². The average molecular weight is 551 g/mol. The fraction of sp³-hybridized carbons (Fsp3) is 0.581. The number of carboxylic acid groups (broad SMARTS) is 1. The zero-order chi connectivity index (χ0) is 28.2. The molecule has 0 aliphatic heterocycles. The Balaban J connectivity index is 1.58. The van der Waals surface area contributed by atoms with Crippen LogP contribution < -0.4 is 15.3 Å². The molecule has 210 valence electrons. The van der Waals surface area contributed by atoms with Gasteiger partial charge in [-0.15, -0.1) is 11.3 Å². The van der Waals surface area contributed by atoms with Crippen LogP contribution in [0.25, 0.3) is 0 Å². The van der Waals surface area contributed by atoms with Crippen LogP contribution in [0.3, 0.4) is 0 Å². The van der Waals surface area contributed by atoms with Crippen molar-refractivity contribution >= 4 is 34.7 Å². The van der Waals surface area contributed by atoms with Gasteiger partial charge in [-0.2, -0.15) is 0 Å². The van der Waals surface area contributed by atoms with Gasteiger partial charge in [0, 0.05) is 36.7 Å². The Morgan fingerprint density at radius 3 is 2.36 bits per heavy atom. The number of hydrogen-bond acceptors (Lipinski definition) is 6. The molecule has 2 saturated carbocycles. The van der Waals surface area contributed by atoms with Gasteiger partial charge in [0.05, 0.1) is 10.6 Å². The normalized spacial score (nSPS) is 23.4. The molecule has 0 atom stereocenters. The van der Waals surface area contributed by atoms with Crippen molar-refractivity contribution in [1.82, 2.24) is 10.4 Å². The molecule has 1 amide bonds. The smallest absolute Gasteiger partial charge is 0.348 e. The van der Waals surface area contributed by atoms with Gasteiger partial charge in [-0.1, -0.05) is 24.8 Å². The number of carbonyl (C=O) groups is 2. The van der Waals surface area contributed by atoms with Crippen LogP contribution in [0.4, 0.5) is 11.5 Å². The number of pyridine rings is 1. The molecule has 2 aromatic heterocycles. The van der Waals surface area contributed by atoms with Crippen LogP contribution in [0.1, 0.15) is 93.6 Å². The predicted molar refractivity (Wildman–Crippen MR) is 158 cm³/mol. The Kier molecular flexibility index (Phi) is 9.35. The molecule has 0 unspecified atom stereocenters. The number of rotatable bonds is 7. The predicted octanol–water partition coefficient (Wildman–Crippen LogP) is 6.35. The maximum atomic E-state index is 14.1. The van der Waals surface area contributed by atoms with E-state index in [1.807, 2.05) is 62.0 Å². The number of hydrazine groups is 1. The second-order valence-electron chi connectivity index (χ2n) is 12.2. The molecule has 7 nitrogen and oxygen atoms in total. The molecule has 2 fully saturated rings. The summed E-state index contributed by atoms with van der Waals surface area (Å²) in [5.41, 5.74) is 3.88. The molecule has 2 N–H and O–H groups in total. The number of thiophene rings is 1. The highest BCUT2D eigenvalue weighted by Gasteiger charge is 2.37. The summed E-state index contributed by atoms with van der Waals surface area (Å²) < 4.78 is 0. The lowest BCUT2D eigenvalue weighted by Gasteiger charge is -2.40. The van der Waals surface area contributed by atoms with Crippen LogP contribution in [0.15, 0.2) is 30.5 Å². The maximum absolute atomic E-state index is 14.1. The van der Waals surface area contributed by atoms with Crippen LogP contribution in [0.5, 0.6) is 0 Å². The third-order valence-electron chi connectivity index (χ3n) is 7.76. The van der Waals surface area contributed by atoms with Gasteiger partial charge < -0.3 is 10.0 Å². The van der Waals surface area contributed by atoms with Gasteiger partial charge in [0.15, 0.2) is 0 Å². The van der Waals surface area contributed by atoms with E-state index in [1.54, 1.807) is 6.20 Å². The summed E-state index contributed by atoms with van der Waals surface area (Å²) in [5.74, 6) is 6.91. The number of anilines is 2. The number of carboxylic acids is 1. The lowest BCUT2D eigenvalue weighted by atomic mass is 9.81. The maximum Gasteiger partial charge on any atom is 0.348 e. The molecule has 0 spiro atoms. The van der Waals surface area contributed by atoms with E-state index in [-0.39, 0.29) is 34.2 Å². The summed E-state index contributed by atoms with van der Waals surface area (Å²) in [6.45, 7) is 8.34. The van der Waals surface area contributed by atoms with E-state index in [9.17, 15) is 14.7 Å². The Morgan fingerprint density at radius 1 is 1.08 bits per heavy atom. The lowest BCUT2D eigenvalue weighted by molar-refractivity contribution is -0.124. The molecule has 2 aliphatic carbocycles. The van der Waals surface area contributed by atoms with E-state index < -0.39 is 5.97 Å². The minimum absolute atomic E-state index is 0.0359. The van der Waals surface area contributed by atoms with E-state index >= 15 is 0 Å². The molecule has 0 radical (unpaired) electrons. The number of amides is 1. The molecule has 2 aliphatic rings. The second-order valence-corrected chi connectivity index (χ2v) is 13.2. The lowest BCUT2D eigenvalue weighted by Crippen LogP contribution is -2.50. The van der Waals surface area contributed by atoms with Gasteiger partial charge in [0.2, 0.25) is 5.91 Å². The fourth-order valence-electron chi connectivity index (χ4n) is 5.58. The van der Waals surface area contributed by atoms with E-state index in [4.69, 9.17) is 0 Å². The zero-order valence-corrected chi connectivity index (χ0v) is 24.7. The number of hydrogen-bond donors (Lipinski definition) is 2. The third-order valence-corrected chi connectivity index (χ3v) is 8.79. The topological polar surface area (TPSA) is 85.8 Å². The molecule has 0 saturated heterocycles. The van der Waals surface area contributed by atoms with Crippen molar-refractivity contribution in [3.05, 3.63) is 40.2 Å². The van der Waals surface area contributed by atoms with Crippen LogP contribution in [0, 0.1) is 29.1 Å². The largest absolute Gasteiger partial charge is 0.477 e. The number of nitrogens with zero attached hydrogens (tertiary/aromatic N) is 3. The summed E-state index contributed by atoms with van der Waals surface area (Å²) in [5, 5.41) is 12.1. The third kappa shape index (κ3) is 7.61. The molecular formula is C31H42N4O3S. The van der Waals surface area contributed by atoms with Crippen LogP contribution in [0.2, 0.25) is 0 Å². The molecule has 39 heavy (non-hydrogen) atoms. The van der Waals surface area contributed by atoms with Crippen LogP contribution in [-0.4, -0.2) is 41.1 Å². The number of aromatic carboxylic acids is 1. The molecule has 0 bridgehead atoms. The van der Waals surface area contributed by atoms with Crippen molar-refractivity contribution in [2.45, 2.75) is 91.1 Å². The summed E-state index contributed by atoms with van der Waals surface area (Å²) in [6.07, 6.45) is 8.98. The minimum atomic E-state index is -0.999. The molecule has 0 aromatic carbocycles. The van der Waals surface area contributed by atoms with Crippen molar-refractivity contribution < 1.29 is 14.7 Å². The zero-order valence-electron chi connectivity index (χ0n) is 23.9. The molecular weight excluding hydrogens is 508 g/mol. The van der Waals surface area contributed by atoms with Crippen LogP contribution >= 0.6 is 11.3 Å². The van der Waals surface area contributed by atoms with Gasteiger partial charge in [-0.05, 0) is 96.3 Å². The quantitative estimate of drug-likeness (QED) is 0.309. The fourth-order valence-corrected chi connectivity index (χ4v) is 6.42. The first-order valence-corrected chi connectivity index (χ1v) is 15.0. The van der Waals surface area contributed by atoms with Crippen molar-refractivity contribution in [1.29, 1.82) is 0 Å². The van der Waals surface area contributed by atoms with Crippen LogP contribution in [-0.2, 0) is 4.79 Å². The Hall–Kier alpha value is -2.89. The first-order chi connectivity index (χ1) is 18.5. The molecule has 4 rings (SSSR count). The molecule has 2 heterocycles. The second kappa shape index (κ2) is 12.5. The highest BCUT2D eigenvalue weighted by atomic mass is 32.1. The van der Waals surface area contributed by atoms with Gasteiger partial charge in [0.25, 0.3) is 0 Å². The van der Waals surface area contributed by atoms with Gasteiger partial charge in [-0.3, -0.25) is 9.80 Å². The molecule has 2 aromatic rings. The highest BCUT2D eigenvalue weighted by molar-refractivity contribution is 7.15. The van der Waals surface area contributed by atoms with E-state index in [1.165, 1.54) is 11.3 Å². The number of carbonyl (C=O) groups excluding carboxylic acids is 1. The van der Waals surface area contributed by atoms with Crippen molar-refractivity contribution in [2.24, 2.45) is 17.3 Å². The average Bonchev–Trinajstić information content (AvgIpc) is 3.33. The summed E-state index contributed by atoms with van der Waals surface area (Å²) in [7, 11) is 1.97. The Labute approximate surface area is 237 Å².